The number of anilines is 1. The molecule has 1 aliphatic rings. The predicted octanol–water partition coefficient (Wildman–Crippen LogP) is 4.37. The van der Waals surface area contributed by atoms with Crippen LogP contribution in [0.3, 0.4) is 0 Å². The second kappa shape index (κ2) is 12.8. The summed E-state index contributed by atoms with van der Waals surface area (Å²) in [6.45, 7) is 6.65. The van der Waals surface area contributed by atoms with Gasteiger partial charge in [-0.2, -0.15) is 0 Å². The van der Waals surface area contributed by atoms with Crippen molar-refractivity contribution in [2.75, 3.05) is 24.1 Å². The summed E-state index contributed by atoms with van der Waals surface area (Å²) in [6, 6.07) is 7.92. The molecule has 2 heterocycles. The van der Waals surface area contributed by atoms with E-state index in [9.17, 15) is 18.9 Å². The van der Waals surface area contributed by atoms with Crippen molar-refractivity contribution >= 4 is 30.3 Å². The number of nitrogens with one attached hydrogen (secondary N) is 2. The van der Waals surface area contributed by atoms with Crippen LogP contribution in [0, 0.1) is 12.3 Å². The second-order valence-corrected chi connectivity index (χ2v) is 12.4. The molecule has 1 aliphatic heterocycles. The van der Waals surface area contributed by atoms with Gasteiger partial charge in [0.25, 0.3) is 5.56 Å². The molecule has 0 bridgehead atoms. The highest BCUT2D eigenvalue weighted by Crippen LogP contribution is 2.49. The summed E-state index contributed by atoms with van der Waals surface area (Å²) in [5, 5.41) is 6.50. The van der Waals surface area contributed by atoms with E-state index in [1.54, 1.807) is 37.3 Å². The van der Waals surface area contributed by atoms with Gasteiger partial charge >= 0.3 is 13.4 Å². The Morgan fingerprint density at radius 2 is 2.03 bits per heavy atom. The maximum absolute atomic E-state index is 13.6. The normalized spacial score (nSPS) is 20.9. The van der Waals surface area contributed by atoms with Crippen molar-refractivity contribution < 1.29 is 23.1 Å². The number of H-pyrrole nitrogens is 1. The molecule has 1 saturated heterocycles. The lowest BCUT2D eigenvalue weighted by atomic mass is 10.00. The molecule has 38 heavy (non-hydrogen) atoms. The van der Waals surface area contributed by atoms with E-state index < -0.39 is 42.8 Å². The molecule has 0 aliphatic carbocycles. The molecule has 0 amide bonds. The fourth-order valence-corrected chi connectivity index (χ4v) is 5.73. The molecule has 2 N–H and O–H groups in total. The minimum Gasteiger partial charge on any atom is -0.352 e. The Kier molecular flexibility index (Phi) is 10.00. The Balaban J connectivity index is 1.72. The Bertz CT molecular complexity index is 1340. The highest BCUT2D eigenvalue weighted by atomic mass is 32.2. The van der Waals surface area contributed by atoms with Gasteiger partial charge < -0.3 is 4.74 Å². The molecule has 4 atom stereocenters. The number of hydrogen-bond donors (Lipinski definition) is 2. The summed E-state index contributed by atoms with van der Waals surface area (Å²) in [7, 11) is -3.96. The molecule has 4 unspecified atom stereocenters. The zero-order valence-electron chi connectivity index (χ0n) is 21.5. The van der Waals surface area contributed by atoms with Crippen LogP contribution in [0.4, 0.5) is 5.69 Å². The maximum Gasteiger partial charge on any atom is 0.432 e. The molecule has 0 radical (unpaired) electrons. The van der Waals surface area contributed by atoms with E-state index in [-0.39, 0.29) is 30.5 Å². The molecule has 0 spiro atoms. The molecule has 3 rings (SSSR count). The Morgan fingerprint density at radius 3 is 2.68 bits per heavy atom. The van der Waals surface area contributed by atoms with E-state index in [0.29, 0.717) is 11.3 Å². The first-order valence-corrected chi connectivity index (χ1v) is 14.4. The summed E-state index contributed by atoms with van der Waals surface area (Å²) in [6.07, 6.45) is -0.207. The summed E-state index contributed by atoms with van der Waals surface area (Å²) >= 11 is 1.08. The van der Waals surface area contributed by atoms with Crippen LogP contribution in [0.1, 0.15) is 39.0 Å². The van der Waals surface area contributed by atoms with Gasteiger partial charge in [0.1, 0.15) is 6.23 Å². The number of benzene rings is 1. The molecular weight excluding hydrogens is 535 g/mol. The number of ether oxygens (including phenoxy) is 1. The lowest BCUT2D eigenvalue weighted by molar-refractivity contribution is -0.117. The number of hydrogen-bond acceptors (Lipinski definition) is 9. The standard InChI is InChI=1S/C23H31N6O7PS/c1-15-13-29(22(32)25-20(15)30)19-12-17(26-28-24)18(36-19)14-35-37(33,27-16-8-6-5-7-9-16)34-10-11-38-21(31)23(2,3)4/h5-9,13,17-19H,10-12,14H2,1-4H3,(H,27,33)(H,25,30,32). The topological polar surface area (TPSA) is 177 Å². The zero-order chi connectivity index (χ0) is 27.9. The molecule has 15 heteroatoms. The van der Waals surface area contributed by atoms with Crippen molar-refractivity contribution in [2.24, 2.45) is 10.5 Å². The van der Waals surface area contributed by atoms with Crippen LogP contribution < -0.4 is 16.3 Å². The molecular formula is C23H31N6O7PS. The molecule has 1 aromatic carbocycles. The average Bonchev–Trinajstić information content (AvgIpc) is 3.25. The third-order valence-electron chi connectivity index (χ3n) is 5.50. The smallest absolute Gasteiger partial charge is 0.352 e. The lowest BCUT2D eigenvalue weighted by Gasteiger charge is -2.23. The van der Waals surface area contributed by atoms with Crippen LogP contribution in [0.15, 0.2) is 51.2 Å². The lowest BCUT2D eigenvalue weighted by Crippen LogP contribution is -2.33. The van der Waals surface area contributed by atoms with Crippen LogP contribution >= 0.6 is 19.5 Å². The van der Waals surface area contributed by atoms with Crippen molar-refractivity contribution in [3.05, 3.63) is 73.4 Å². The van der Waals surface area contributed by atoms with Crippen LogP contribution in [0.2, 0.25) is 0 Å². The number of thioether (sulfide) groups is 1. The average molecular weight is 567 g/mol. The SMILES string of the molecule is Cc1cn(C2CC(N=[N+]=[N-])C(COP(=O)(Nc3ccccc3)OCCSC(=O)C(C)(C)C)O2)c(=O)[nH]c1=O. The minimum absolute atomic E-state index is 0.0248. The molecule has 2 aromatic rings. The highest BCUT2D eigenvalue weighted by Gasteiger charge is 2.38. The molecule has 206 valence electrons. The van der Waals surface area contributed by atoms with Crippen LogP contribution in [0.25, 0.3) is 10.4 Å². The van der Waals surface area contributed by atoms with Crippen molar-refractivity contribution in [3.63, 3.8) is 0 Å². The van der Waals surface area contributed by atoms with Gasteiger partial charge in [-0.25, -0.2) is 9.36 Å². The molecule has 0 saturated carbocycles. The number of rotatable bonds is 11. The summed E-state index contributed by atoms with van der Waals surface area (Å²) < 4.78 is 32.1. The summed E-state index contributed by atoms with van der Waals surface area (Å²) in [5.41, 5.74) is 8.12. The Hall–Kier alpha value is -2.86. The quantitative estimate of drug-likeness (QED) is 0.131. The molecule has 1 fully saturated rings. The van der Waals surface area contributed by atoms with E-state index >= 15 is 0 Å². The number of aromatic nitrogens is 2. The first-order chi connectivity index (χ1) is 17.9. The van der Waals surface area contributed by atoms with E-state index in [2.05, 4.69) is 20.1 Å². The Labute approximate surface area is 223 Å². The molecule has 1 aromatic heterocycles. The van der Waals surface area contributed by atoms with Gasteiger partial charge in [-0.3, -0.25) is 33.3 Å². The van der Waals surface area contributed by atoms with E-state index in [1.807, 2.05) is 20.8 Å². The number of nitrogens with zero attached hydrogens (tertiary/aromatic N) is 4. The number of azide groups is 1. The first kappa shape index (κ1) is 29.7. The van der Waals surface area contributed by atoms with Crippen molar-refractivity contribution in [1.29, 1.82) is 0 Å². The Morgan fingerprint density at radius 1 is 1.32 bits per heavy atom. The van der Waals surface area contributed by atoms with Crippen molar-refractivity contribution in [3.8, 4) is 0 Å². The van der Waals surface area contributed by atoms with Gasteiger partial charge in [-0.05, 0) is 24.6 Å². The van der Waals surface area contributed by atoms with E-state index in [1.165, 1.54) is 10.8 Å². The summed E-state index contributed by atoms with van der Waals surface area (Å²) in [4.78, 5) is 41.3. The van der Waals surface area contributed by atoms with Gasteiger partial charge in [0.2, 0.25) is 0 Å². The van der Waals surface area contributed by atoms with Gasteiger partial charge in [-0.1, -0.05) is 55.8 Å². The fourth-order valence-electron chi connectivity index (χ4n) is 3.48. The first-order valence-electron chi connectivity index (χ1n) is 11.8. The third-order valence-corrected chi connectivity index (χ3v) is 8.29. The minimum atomic E-state index is -3.96. The number of carbonyl (C=O) groups is 1. The zero-order valence-corrected chi connectivity index (χ0v) is 23.2. The van der Waals surface area contributed by atoms with Crippen LogP contribution in [-0.2, 0) is 23.1 Å². The second-order valence-electron chi connectivity index (χ2n) is 9.61. The predicted molar refractivity (Wildman–Crippen MR) is 144 cm³/mol. The van der Waals surface area contributed by atoms with Crippen molar-refractivity contribution in [2.45, 2.75) is 52.5 Å². The van der Waals surface area contributed by atoms with Crippen LogP contribution in [-0.4, -0.2) is 45.8 Å². The van der Waals surface area contributed by atoms with Crippen LogP contribution in [0.5, 0.6) is 0 Å². The molecule has 13 nitrogen and oxygen atoms in total. The largest absolute Gasteiger partial charge is 0.432 e. The van der Waals surface area contributed by atoms with E-state index in [4.69, 9.17) is 19.3 Å². The summed E-state index contributed by atoms with van der Waals surface area (Å²) in [5.74, 6) is 0.262. The maximum atomic E-state index is 13.6. The van der Waals surface area contributed by atoms with Gasteiger partial charge in [0, 0.05) is 39.9 Å². The van der Waals surface area contributed by atoms with Gasteiger partial charge in [-0.15, -0.1) is 0 Å². The van der Waals surface area contributed by atoms with Gasteiger partial charge in [0.05, 0.1) is 25.4 Å². The number of para-hydroxylation sites is 1. The number of aryl methyl sites for hydroxylation is 1. The monoisotopic (exact) mass is 566 g/mol. The number of aromatic amines is 1. The van der Waals surface area contributed by atoms with E-state index in [0.717, 1.165) is 11.8 Å². The highest BCUT2D eigenvalue weighted by molar-refractivity contribution is 8.13. The fraction of sp³-hybridized carbons (Fsp3) is 0.522. The van der Waals surface area contributed by atoms with Crippen molar-refractivity contribution in [1.82, 2.24) is 9.55 Å². The third kappa shape index (κ3) is 8.07. The van der Waals surface area contributed by atoms with Gasteiger partial charge in [0.15, 0.2) is 5.12 Å². The number of carbonyl (C=O) groups excluding carboxylic acids is 1.